The lowest BCUT2D eigenvalue weighted by atomic mass is 10.2. The average molecular weight is 281 g/mol. The van der Waals surface area contributed by atoms with Crippen molar-refractivity contribution in [2.45, 2.75) is 19.8 Å². The number of aromatic nitrogens is 3. The first-order valence-corrected chi connectivity index (χ1v) is 5.96. The molecule has 5 heteroatoms. The summed E-state index contributed by atoms with van der Waals surface area (Å²) in [7, 11) is 0. The molecule has 84 valence electrons. The van der Waals surface area contributed by atoms with E-state index >= 15 is 0 Å². The molecule has 0 spiro atoms. The second-order valence-electron chi connectivity index (χ2n) is 3.63. The Morgan fingerprint density at radius 1 is 1.38 bits per heavy atom. The summed E-state index contributed by atoms with van der Waals surface area (Å²) in [6, 6.07) is 5.67. The van der Waals surface area contributed by atoms with Crippen LogP contribution in [0.5, 0.6) is 0 Å². The fourth-order valence-corrected chi connectivity index (χ4v) is 2.03. The number of nitrogens with two attached hydrogens (primary N) is 1. The van der Waals surface area contributed by atoms with Gasteiger partial charge in [0.2, 0.25) is 0 Å². The van der Waals surface area contributed by atoms with E-state index in [4.69, 9.17) is 5.73 Å². The van der Waals surface area contributed by atoms with Gasteiger partial charge in [-0.05, 0) is 24.6 Å². The topological polar surface area (TPSA) is 67.6 Å². The molecular formula is C11H13BrN4. The van der Waals surface area contributed by atoms with Crippen LogP contribution in [0, 0.1) is 0 Å². The van der Waals surface area contributed by atoms with Gasteiger partial charge in [-0.1, -0.05) is 22.9 Å². The third-order valence-electron chi connectivity index (χ3n) is 2.20. The molecule has 0 radical (unpaired) electrons. The van der Waals surface area contributed by atoms with E-state index in [9.17, 15) is 0 Å². The lowest BCUT2D eigenvalue weighted by molar-refractivity contribution is 0.841. The Balaban J connectivity index is 2.34. The van der Waals surface area contributed by atoms with Crippen molar-refractivity contribution in [1.29, 1.82) is 0 Å². The first kappa shape index (κ1) is 11.1. The molecule has 0 fully saturated rings. The van der Waals surface area contributed by atoms with Gasteiger partial charge in [0, 0.05) is 22.1 Å². The maximum absolute atomic E-state index is 5.77. The predicted octanol–water partition coefficient (Wildman–Crippen LogP) is 2.77. The van der Waals surface area contributed by atoms with Crippen molar-refractivity contribution in [3.05, 3.63) is 28.5 Å². The Kier molecular flexibility index (Phi) is 3.24. The van der Waals surface area contributed by atoms with E-state index < -0.39 is 0 Å². The minimum atomic E-state index is 0.691. The molecular weight excluding hydrogens is 268 g/mol. The van der Waals surface area contributed by atoms with E-state index in [0.717, 1.165) is 28.7 Å². The highest BCUT2D eigenvalue weighted by molar-refractivity contribution is 9.10. The van der Waals surface area contributed by atoms with Gasteiger partial charge in [0.1, 0.15) is 5.82 Å². The molecule has 0 bridgehead atoms. The first-order valence-electron chi connectivity index (χ1n) is 5.16. The molecule has 1 aromatic heterocycles. The molecule has 1 aromatic carbocycles. The lowest BCUT2D eigenvalue weighted by Crippen LogP contribution is -1.88. The number of benzene rings is 1. The summed E-state index contributed by atoms with van der Waals surface area (Å²) in [5.74, 6) is 1.60. The number of hydrogen-bond donors (Lipinski definition) is 2. The molecule has 1 heterocycles. The molecule has 2 aromatic rings. The van der Waals surface area contributed by atoms with Crippen LogP contribution in [0.2, 0.25) is 0 Å². The van der Waals surface area contributed by atoms with Crippen molar-refractivity contribution in [2.75, 3.05) is 5.73 Å². The highest BCUT2D eigenvalue weighted by atomic mass is 79.9. The normalized spacial score (nSPS) is 10.6. The predicted molar refractivity (Wildman–Crippen MR) is 67.9 cm³/mol. The second kappa shape index (κ2) is 4.65. The third-order valence-corrected chi connectivity index (χ3v) is 2.65. The van der Waals surface area contributed by atoms with Crippen LogP contribution in [-0.4, -0.2) is 15.2 Å². The van der Waals surface area contributed by atoms with Gasteiger partial charge < -0.3 is 5.73 Å². The zero-order valence-corrected chi connectivity index (χ0v) is 10.6. The van der Waals surface area contributed by atoms with Crippen molar-refractivity contribution < 1.29 is 0 Å². The summed E-state index contributed by atoms with van der Waals surface area (Å²) in [5, 5.41) is 7.10. The van der Waals surface area contributed by atoms with Crippen molar-refractivity contribution >= 4 is 21.6 Å². The van der Waals surface area contributed by atoms with Crippen LogP contribution in [0.25, 0.3) is 11.4 Å². The van der Waals surface area contributed by atoms with Crippen LogP contribution >= 0.6 is 15.9 Å². The summed E-state index contributed by atoms with van der Waals surface area (Å²) in [4.78, 5) is 4.41. The molecule has 3 N–H and O–H groups in total. The van der Waals surface area contributed by atoms with E-state index in [1.165, 1.54) is 0 Å². The molecule has 0 saturated carbocycles. The van der Waals surface area contributed by atoms with Crippen molar-refractivity contribution in [3.63, 3.8) is 0 Å². The minimum Gasteiger partial charge on any atom is -0.399 e. The van der Waals surface area contributed by atoms with Gasteiger partial charge in [-0.3, -0.25) is 5.10 Å². The summed E-state index contributed by atoms with van der Waals surface area (Å²) < 4.78 is 0.935. The van der Waals surface area contributed by atoms with Crippen LogP contribution in [-0.2, 0) is 6.42 Å². The van der Waals surface area contributed by atoms with Crippen molar-refractivity contribution in [1.82, 2.24) is 15.2 Å². The molecule has 0 aliphatic heterocycles. The summed E-state index contributed by atoms with van der Waals surface area (Å²) >= 11 is 3.40. The summed E-state index contributed by atoms with van der Waals surface area (Å²) in [6.45, 7) is 2.11. The van der Waals surface area contributed by atoms with Crippen LogP contribution in [0.3, 0.4) is 0 Å². The largest absolute Gasteiger partial charge is 0.399 e. The van der Waals surface area contributed by atoms with Crippen molar-refractivity contribution in [2.24, 2.45) is 0 Å². The highest BCUT2D eigenvalue weighted by Gasteiger charge is 2.06. The molecule has 0 aliphatic carbocycles. The molecule has 0 saturated heterocycles. The lowest BCUT2D eigenvalue weighted by Gasteiger charge is -1.99. The van der Waals surface area contributed by atoms with E-state index in [2.05, 4.69) is 38.0 Å². The Bertz CT molecular complexity index is 472. The van der Waals surface area contributed by atoms with Gasteiger partial charge in [0.15, 0.2) is 5.82 Å². The number of H-pyrrole nitrogens is 1. The Hall–Kier alpha value is -1.36. The number of aryl methyl sites for hydroxylation is 1. The van der Waals surface area contributed by atoms with E-state index in [-0.39, 0.29) is 0 Å². The smallest absolute Gasteiger partial charge is 0.181 e. The van der Waals surface area contributed by atoms with Crippen LogP contribution in [0.1, 0.15) is 19.2 Å². The standard InChI is InChI=1S/C11H13BrN4/c1-2-3-10-14-11(16-15-10)7-4-8(12)6-9(13)5-7/h4-6H,2-3,13H2,1H3,(H,14,15,16). The van der Waals surface area contributed by atoms with Gasteiger partial charge >= 0.3 is 0 Å². The number of nitrogens with one attached hydrogen (secondary N) is 1. The number of aromatic amines is 1. The number of anilines is 1. The molecule has 0 aliphatic rings. The van der Waals surface area contributed by atoms with Gasteiger partial charge in [0.05, 0.1) is 0 Å². The molecule has 0 unspecified atom stereocenters. The van der Waals surface area contributed by atoms with Gasteiger partial charge in [-0.25, -0.2) is 4.98 Å². The van der Waals surface area contributed by atoms with Crippen LogP contribution < -0.4 is 5.73 Å². The van der Waals surface area contributed by atoms with Gasteiger partial charge in [-0.15, -0.1) is 0 Å². The highest BCUT2D eigenvalue weighted by Crippen LogP contribution is 2.23. The van der Waals surface area contributed by atoms with Gasteiger partial charge in [0.25, 0.3) is 0 Å². The van der Waals surface area contributed by atoms with Crippen molar-refractivity contribution in [3.8, 4) is 11.4 Å². The molecule has 4 nitrogen and oxygen atoms in total. The average Bonchev–Trinajstić information content (AvgIpc) is 2.65. The van der Waals surface area contributed by atoms with E-state index in [1.807, 2.05) is 18.2 Å². The van der Waals surface area contributed by atoms with E-state index in [0.29, 0.717) is 11.5 Å². The molecule has 0 atom stereocenters. The Labute approximate surface area is 102 Å². The number of nitrogens with zero attached hydrogens (tertiary/aromatic N) is 2. The Morgan fingerprint density at radius 3 is 2.88 bits per heavy atom. The molecule has 2 rings (SSSR count). The minimum absolute atomic E-state index is 0.691. The number of hydrogen-bond acceptors (Lipinski definition) is 3. The monoisotopic (exact) mass is 280 g/mol. The zero-order chi connectivity index (χ0) is 11.5. The number of nitrogen functional groups attached to an aromatic ring is 1. The maximum Gasteiger partial charge on any atom is 0.181 e. The molecule has 16 heavy (non-hydrogen) atoms. The third kappa shape index (κ3) is 2.41. The summed E-state index contributed by atoms with van der Waals surface area (Å²) in [6.07, 6.45) is 1.96. The Morgan fingerprint density at radius 2 is 2.19 bits per heavy atom. The van der Waals surface area contributed by atoms with E-state index in [1.54, 1.807) is 0 Å². The summed E-state index contributed by atoms with van der Waals surface area (Å²) in [5.41, 5.74) is 7.39. The van der Waals surface area contributed by atoms with Crippen LogP contribution in [0.15, 0.2) is 22.7 Å². The van der Waals surface area contributed by atoms with Crippen LogP contribution in [0.4, 0.5) is 5.69 Å². The SMILES string of the molecule is CCCc1nc(-c2cc(N)cc(Br)c2)n[nH]1. The zero-order valence-electron chi connectivity index (χ0n) is 9.00. The van der Waals surface area contributed by atoms with Gasteiger partial charge in [-0.2, -0.15) is 5.10 Å². The fraction of sp³-hybridized carbons (Fsp3) is 0.273. The fourth-order valence-electron chi connectivity index (χ4n) is 1.51. The second-order valence-corrected chi connectivity index (χ2v) is 4.54. The number of rotatable bonds is 3. The molecule has 0 amide bonds. The first-order chi connectivity index (χ1) is 7.69. The quantitative estimate of drug-likeness (QED) is 0.850. The number of halogens is 1. The maximum atomic E-state index is 5.77.